The number of carbonyl (C=O) groups excluding carboxylic acids is 1. The van der Waals surface area contributed by atoms with Crippen LogP contribution < -0.4 is 9.47 Å². The van der Waals surface area contributed by atoms with E-state index in [2.05, 4.69) is 10.2 Å². The van der Waals surface area contributed by atoms with Crippen LogP contribution in [-0.4, -0.2) is 12.6 Å². The minimum absolute atomic E-state index is 0.406. The Kier molecular flexibility index (Phi) is 6.06. The molecule has 2 aromatic carbocycles. The fourth-order valence-corrected chi connectivity index (χ4v) is 1.76. The van der Waals surface area contributed by atoms with Gasteiger partial charge in [-0.2, -0.15) is 10.2 Å². The normalized spacial score (nSPS) is 11.0. The zero-order valence-corrected chi connectivity index (χ0v) is 13.1. The Labute approximate surface area is 135 Å². The molecule has 0 aromatic heterocycles. The first-order chi connectivity index (χ1) is 11.2. The van der Waals surface area contributed by atoms with Crippen LogP contribution in [0.1, 0.15) is 13.8 Å². The number of allylic oxidation sites excluding steroid dienone is 1. The number of esters is 1. The summed E-state index contributed by atoms with van der Waals surface area (Å²) in [6.45, 7) is 4.32. The van der Waals surface area contributed by atoms with E-state index < -0.39 is 5.97 Å². The van der Waals surface area contributed by atoms with Crippen molar-refractivity contribution in [3.05, 3.63) is 60.7 Å². The Morgan fingerprint density at radius 1 is 0.957 bits per heavy atom. The molecule has 2 rings (SSSR count). The molecule has 2 aromatic rings. The fourth-order valence-electron chi connectivity index (χ4n) is 1.76. The summed E-state index contributed by atoms with van der Waals surface area (Å²) in [4.78, 5) is 11.3. The van der Waals surface area contributed by atoms with Gasteiger partial charge in [-0.25, -0.2) is 4.79 Å². The Balaban J connectivity index is 1.98. The number of hydrogen-bond acceptors (Lipinski definition) is 5. The van der Waals surface area contributed by atoms with Gasteiger partial charge in [-0.15, -0.1) is 0 Å². The smallest absolute Gasteiger partial charge is 0.335 e. The lowest BCUT2D eigenvalue weighted by atomic mass is 10.3. The quantitative estimate of drug-likeness (QED) is 0.327. The first kappa shape index (κ1) is 16.4. The van der Waals surface area contributed by atoms with Crippen molar-refractivity contribution in [3.63, 3.8) is 0 Å². The molecule has 23 heavy (non-hydrogen) atoms. The van der Waals surface area contributed by atoms with Crippen molar-refractivity contribution in [2.24, 2.45) is 10.2 Å². The maximum Gasteiger partial charge on any atom is 0.335 e. The summed E-state index contributed by atoms with van der Waals surface area (Å²) in [5.41, 5.74) is 1.40. The van der Waals surface area contributed by atoms with Gasteiger partial charge in [-0.05, 0) is 62.4 Å². The Morgan fingerprint density at radius 2 is 1.48 bits per heavy atom. The van der Waals surface area contributed by atoms with Crippen LogP contribution in [-0.2, 0) is 4.79 Å². The summed E-state index contributed by atoms with van der Waals surface area (Å²) >= 11 is 0. The van der Waals surface area contributed by atoms with Gasteiger partial charge in [0.2, 0.25) is 0 Å². The molecule has 0 spiro atoms. The number of carbonyl (C=O) groups is 1. The van der Waals surface area contributed by atoms with Crippen LogP contribution in [0.3, 0.4) is 0 Å². The van der Waals surface area contributed by atoms with E-state index in [0.29, 0.717) is 18.0 Å². The molecule has 118 valence electrons. The molecule has 0 heterocycles. The largest absolute Gasteiger partial charge is 0.494 e. The molecular weight excluding hydrogens is 292 g/mol. The lowest BCUT2D eigenvalue weighted by Crippen LogP contribution is -2.02. The lowest BCUT2D eigenvalue weighted by molar-refractivity contribution is -0.129. The van der Waals surface area contributed by atoms with Crippen LogP contribution in [0.15, 0.2) is 70.9 Å². The highest BCUT2D eigenvalue weighted by molar-refractivity contribution is 5.83. The zero-order valence-electron chi connectivity index (χ0n) is 13.1. The lowest BCUT2D eigenvalue weighted by Gasteiger charge is -2.02. The molecule has 0 fully saturated rings. The van der Waals surface area contributed by atoms with Crippen LogP contribution in [0, 0.1) is 0 Å². The molecule has 0 unspecified atom stereocenters. The van der Waals surface area contributed by atoms with Gasteiger partial charge in [0.25, 0.3) is 0 Å². The van der Waals surface area contributed by atoms with Crippen molar-refractivity contribution >= 4 is 17.3 Å². The van der Waals surface area contributed by atoms with Crippen LogP contribution >= 0.6 is 0 Å². The third-order valence-electron chi connectivity index (χ3n) is 2.79. The first-order valence-corrected chi connectivity index (χ1v) is 7.30. The molecule has 0 aliphatic carbocycles. The van der Waals surface area contributed by atoms with Crippen molar-refractivity contribution in [1.82, 2.24) is 0 Å². The minimum atomic E-state index is -0.406. The number of benzene rings is 2. The maximum absolute atomic E-state index is 11.3. The van der Waals surface area contributed by atoms with Gasteiger partial charge in [0.15, 0.2) is 0 Å². The van der Waals surface area contributed by atoms with E-state index in [0.717, 1.165) is 11.4 Å². The number of azo groups is 1. The number of nitrogens with zero attached hydrogens (tertiary/aromatic N) is 2. The SMILES string of the molecule is C/C=C/C(=O)Oc1ccc(N=Nc2ccc(OCC)cc2)cc1. The topological polar surface area (TPSA) is 60.2 Å². The Morgan fingerprint density at radius 3 is 1.96 bits per heavy atom. The molecule has 0 radical (unpaired) electrons. The maximum atomic E-state index is 11.3. The summed E-state index contributed by atoms with van der Waals surface area (Å²) in [6, 6.07) is 14.2. The number of rotatable bonds is 6. The van der Waals surface area contributed by atoms with E-state index >= 15 is 0 Å². The molecule has 5 nitrogen and oxygen atoms in total. The number of ether oxygens (including phenoxy) is 2. The third-order valence-corrected chi connectivity index (χ3v) is 2.79. The first-order valence-electron chi connectivity index (χ1n) is 7.30. The van der Waals surface area contributed by atoms with Gasteiger partial charge in [-0.1, -0.05) is 6.08 Å². The van der Waals surface area contributed by atoms with Crippen molar-refractivity contribution in [3.8, 4) is 11.5 Å². The highest BCUT2D eigenvalue weighted by Gasteiger charge is 2.00. The second-order valence-corrected chi connectivity index (χ2v) is 4.54. The molecule has 0 amide bonds. The van der Waals surface area contributed by atoms with Crippen LogP contribution in [0.4, 0.5) is 11.4 Å². The fraction of sp³-hybridized carbons (Fsp3) is 0.167. The van der Waals surface area contributed by atoms with E-state index in [4.69, 9.17) is 9.47 Å². The molecule has 0 N–H and O–H groups in total. The molecule has 0 atom stereocenters. The highest BCUT2D eigenvalue weighted by Crippen LogP contribution is 2.23. The Bertz CT molecular complexity index is 689. The monoisotopic (exact) mass is 310 g/mol. The van der Waals surface area contributed by atoms with Crippen LogP contribution in [0.5, 0.6) is 11.5 Å². The van der Waals surface area contributed by atoms with Gasteiger partial charge >= 0.3 is 5.97 Å². The minimum Gasteiger partial charge on any atom is -0.494 e. The van der Waals surface area contributed by atoms with E-state index in [1.807, 2.05) is 31.2 Å². The molecule has 0 saturated carbocycles. The molecule has 0 aliphatic heterocycles. The van der Waals surface area contributed by atoms with Gasteiger partial charge in [-0.3, -0.25) is 0 Å². The van der Waals surface area contributed by atoms with Crippen molar-refractivity contribution in [2.45, 2.75) is 13.8 Å². The van der Waals surface area contributed by atoms with Gasteiger partial charge in [0.1, 0.15) is 11.5 Å². The van der Waals surface area contributed by atoms with Crippen molar-refractivity contribution in [1.29, 1.82) is 0 Å². The van der Waals surface area contributed by atoms with E-state index in [1.165, 1.54) is 6.08 Å². The average molecular weight is 310 g/mol. The third kappa shape index (κ3) is 5.39. The highest BCUT2D eigenvalue weighted by atomic mass is 16.5. The second-order valence-electron chi connectivity index (χ2n) is 4.54. The van der Waals surface area contributed by atoms with E-state index in [-0.39, 0.29) is 0 Å². The van der Waals surface area contributed by atoms with Crippen molar-refractivity contribution in [2.75, 3.05) is 6.61 Å². The summed E-state index contributed by atoms with van der Waals surface area (Å²) in [7, 11) is 0. The van der Waals surface area contributed by atoms with E-state index in [9.17, 15) is 4.79 Å². The van der Waals surface area contributed by atoms with Crippen LogP contribution in [0.2, 0.25) is 0 Å². The molecule has 0 saturated heterocycles. The van der Waals surface area contributed by atoms with Crippen molar-refractivity contribution < 1.29 is 14.3 Å². The second kappa shape index (κ2) is 8.48. The summed E-state index contributed by atoms with van der Waals surface area (Å²) in [5, 5.41) is 8.29. The standard InChI is InChI=1S/C18H18N2O3/c1-3-5-18(21)23-17-12-8-15(9-13-17)20-19-14-6-10-16(11-7-14)22-4-2/h3,5-13H,4H2,1-2H3/b5-3+,20-19?. The van der Waals surface area contributed by atoms with Gasteiger partial charge in [0.05, 0.1) is 18.0 Å². The molecule has 0 bridgehead atoms. The molecule has 5 heteroatoms. The Hall–Kier alpha value is -2.95. The molecular formula is C18H18N2O3. The van der Waals surface area contributed by atoms with Gasteiger partial charge in [0, 0.05) is 6.08 Å². The number of hydrogen-bond donors (Lipinski definition) is 0. The summed E-state index contributed by atoms with van der Waals surface area (Å²) in [5.74, 6) is 0.864. The molecule has 0 aliphatic rings. The van der Waals surface area contributed by atoms with Gasteiger partial charge < -0.3 is 9.47 Å². The van der Waals surface area contributed by atoms with E-state index in [1.54, 1.807) is 37.3 Å². The predicted octanol–water partition coefficient (Wildman–Crippen LogP) is 4.98. The predicted molar refractivity (Wildman–Crippen MR) is 88.7 cm³/mol. The average Bonchev–Trinajstić information content (AvgIpc) is 2.56. The summed E-state index contributed by atoms with van der Waals surface area (Å²) in [6.07, 6.45) is 2.99. The zero-order chi connectivity index (χ0) is 16.5. The summed E-state index contributed by atoms with van der Waals surface area (Å²) < 4.78 is 10.5. The van der Waals surface area contributed by atoms with Crippen LogP contribution in [0.25, 0.3) is 0 Å².